The van der Waals surface area contributed by atoms with Gasteiger partial charge in [0.05, 0.1) is 23.1 Å². The Morgan fingerprint density at radius 1 is 0.846 bits per heavy atom. The molecule has 2 heterocycles. The van der Waals surface area contributed by atoms with E-state index in [4.69, 9.17) is 4.98 Å². The van der Waals surface area contributed by atoms with Crippen molar-refractivity contribution in [2.75, 3.05) is 5.32 Å². The molecule has 0 unspecified atom stereocenters. The van der Waals surface area contributed by atoms with Crippen molar-refractivity contribution in [2.45, 2.75) is 18.5 Å². The van der Waals surface area contributed by atoms with Gasteiger partial charge in [0.15, 0.2) is 0 Å². The van der Waals surface area contributed by atoms with Gasteiger partial charge in [0.1, 0.15) is 0 Å². The van der Waals surface area contributed by atoms with Crippen LogP contribution in [0.1, 0.15) is 29.6 Å². The number of benzene rings is 3. The smallest absolute Gasteiger partial charge is 0.204 e. The minimum atomic E-state index is 0.234. The van der Waals surface area contributed by atoms with Gasteiger partial charge in [-0.3, -0.25) is 0 Å². The van der Waals surface area contributed by atoms with Gasteiger partial charge in [-0.05, 0) is 41.8 Å². The molecule has 2 atom stereocenters. The molecular weight excluding hydrogens is 386 g/mol. The standard InChI is InChI=1S/C22H18BrN3/c23-17-12-10-15(11-13-17)19-14-21(16-6-2-1-3-7-16)26-20-9-5-4-8-18(20)24-22(26)25-19/h1-13,19,21H,14H2,(H,24,25)/t19-,21+/m0/s1. The van der Waals surface area contributed by atoms with E-state index in [1.54, 1.807) is 0 Å². The summed E-state index contributed by atoms with van der Waals surface area (Å²) in [6.07, 6.45) is 0.985. The quantitative estimate of drug-likeness (QED) is 0.448. The highest BCUT2D eigenvalue weighted by atomic mass is 79.9. The van der Waals surface area contributed by atoms with Gasteiger partial charge in [-0.15, -0.1) is 0 Å². The number of imidazole rings is 1. The van der Waals surface area contributed by atoms with E-state index in [2.05, 4.69) is 98.6 Å². The van der Waals surface area contributed by atoms with Gasteiger partial charge in [-0.25, -0.2) is 4.98 Å². The molecule has 1 aliphatic heterocycles. The van der Waals surface area contributed by atoms with Crippen LogP contribution >= 0.6 is 15.9 Å². The minimum Gasteiger partial charge on any atom is -0.349 e. The maximum absolute atomic E-state index is 4.86. The van der Waals surface area contributed by atoms with Crippen molar-refractivity contribution in [3.8, 4) is 0 Å². The summed E-state index contributed by atoms with van der Waals surface area (Å²) >= 11 is 3.53. The van der Waals surface area contributed by atoms with E-state index in [-0.39, 0.29) is 12.1 Å². The Labute approximate surface area is 160 Å². The maximum Gasteiger partial charge on any atom is 0.204 e. The van der Waals surface area contributed by atoms with E-state index in [9.17, 15) is 0 Å². The van der Waals surface area contributed by atoms with Gasteiger partial charge in [0.25, 0.3) is 0 Å². The van der Waals surface area contributed by atoms with E-state index in [1.807, 2.05) is 6.07 Å². The summed E-state index contributed by atoms with van der Waals surface area (Å²) < 4.78 is 3.45. The first-order valence-electron chi connectivity index (χ1n) is 8.83. The van der Waals surface area contributed by atoms with Crippen molar-refractivity contribution in [3.05, 3.63) is 94.5 Å². The molecule has 0 amide bonds. The van der Waals surface area contributed by atoms with Crippen molar-refractivity contribution in [2.24, 2.45) is 0 Å². The monoisotopic (exact) mass is 403 g/mol. The molecule has 0 bridgehead atoms. The molecule has 4 aromatic rings. The van der Waals surface area contributed by atoms with Crippen LogP contribution in [-0.4, -0.2) is 9.55 Å². The number of hydrogen-bond acceptors (Lipinski definition) is 2. The van der Waals surface area contributed by atoms with Gasteiger partial charge >= 0.3 is 0 Å². The summed E-state index contributed by atoms with van der Waals surface area (Å²) in [6.45, 7) is 0. The second kappa shape index (κ2) is 6.29. The highest BCUT2D eigenvalue weighted by Crippen LogP contribution is 2.41. The van der Waals surface area contributed by atoms with E-state index in [0.29, 0.717) is 0 Å². The Hall–Kier alpha value is -2.59. The molecule has 0 aliphatic carbocycles. The Morgan fingerprint density at radius 2 is 1.58 bits per heavy atom. The van der Waals surface area contributed by atoms with Crippen molar-refractivity contribution < 1.29 is 0 Å². The second-order valence-electron chi connectivity index (χ2n) is 6.70. The highest BCUT2D eigenvalue weighted by Gasteiger charge is 2.30. The van der Waals surface area contributed by atoms with E-state index < -0.39 is 0 Å². The fraction of sp³-hybridized carbons (Fsp3) is 0.136. The molecule has 4 heteroatoms. The van der Waals surface area contributed by atoms with Crippen molar-refractivity contribution in [1.82, 2.24) is 9.55 Å². The van der Waals surface area contributed by atoms with Crippen LogP contribution in [0.5, 0.6) is 0 Å². The summed E-state index contributed by atoms with van der Waals surface area (Å²) in [5.41, 5.74) is 4.82. The van der Waals surface area contributed by atoms with Crippen LogP contribution < -0.4 is 5.32 Å². The Kier molecular flexibility index (Phi) is 3.79. The number of anilines is 1. The SMILES string of the molecule is Brc1ccc([C@@H]2C[C@H](c3ccccc3)n3c(nc4ccccc43)N2)cc1. The summed E-state index contributed by atoms with van der Waals surface area (Å²) in [5.74, 6) is 0.944. The lowest BCUT2D eigenvalue weighted by atomic mass is 9.93. The molecule has 1 aromatic heterocycles. The first-order valence-corrected chi connectivity index (χ1v) is 9.63. The molecule has 26 heavy (non-hydrogen) atoms. The minimum absolute atomic E-state index is 0.234. The first-order chi connectivity index (χ1) is 12.8. The number of rotatable bonds is 2. The average Bonchev–Trinajstić information content (AvgIpc) is 3.07. The summed E-state index contributed by atoms with van der Waals surface area (Å²) in [5, 5.41) is 3.66. The van der Waals surface area contributed by atoms with Crippen LogP contribution in [0.2, 0.25) is 0 Å². The molecule has 1 N–H and O–H groups in total. The number of nitrogens with one attached hydrogen (secondary N) is 1. The van der Waals surface area contributed by atoms with Crippen LogP contribution in [0.3, 0.4) is 0 Å². The number of para-hydroxylation sites is 2. The fourth-order valence-electron chi connectivity index (χ4n) is 3.88. The third kappa shape index (κ3) is 2.61. The second-order valence-corrected chi connectivity index (χ2v) is 7.62. The third-order valence-electron chi connectivity index (χ3n) is 5.13. The third-order valence-corrected chi connectivity index (χ3v) is 5.66. The van der Waals surface area contributed by atoms with E-state index in [0.717, 1.165) is 22.4 Å². The lowest BCUT2D eigenvalue weighted by molar-refractivity contribution is 0.477. The molecule has 3 aromatic carbocycles. The number of halogens is 1. The maximum atomic E-state index is 4.86. The van der Waals surface area contributed by atoms with E-state index in [1.165, 1.54) is 16.6 Å². The summed E-state index contributed by atoms with van der Waals surface area (Å²) in [6, 6.07) is 28.2. The first kappa shape index (κ1) is 15.6. The predicted octanol–water partition coefficient (Wildman–Crippen LogP) is 5.95. The van der Waals surface area contributed by atoms with Crippen LogP contribution in [0.4, 0.5) is 5.95 Å². The Bertz CT molecular complexity index is 1050. The van der Waals surface area contributed by atoms with Crippen LogP contribution in [-0.2, 0) is 0 Å². The molecule has 5 rings (SSSR count). The molecule has 1 aliphatic rings. The van der Waals surface area contributed by atoms with Crippen molar-refractivity contribution in [3.63, 3.8) is 0 Å². The van der Waals surface area contributed by atoms with Gasteiger partial charge in [0, 0.05) is 4.47 Å². The van der Waals surface area contributed by atoms with E-state index >= 15 is 0 Å². The molecule has 0 radical (unpaired) electrons. The molecule has 0 fully saturated rings. The topological polar surface area (TPSA) is 29.9 Å². The van der Waals surface area contributed by atoms with Crippen molar-refractivity contribution in [1.29, 1.82) is 0 Å². The van der Waals surface area contributed by atoms with Gasteiger partial charge < -0.3 is 9.88 Å². The number of nitrogens with zero attached hydrogens (tertiary/aromatic N) is 2. The van der Waals surface area contributed by atoms with Gasteiger partial charge in [0.2, 0.25) is 5.95 Å². The van der Waals surface area contributed by atoms with Gasteiger partial charge in [-0.2, -0.15) is 0 Å². The number of hydrogen-bond donors (Lipinski definition) is 1. The Morgan fingerprint density at radius 3 is 2.38 bits per heavy atom. The number of fused-ring (bicyclic) bond motifs is 3. The molecular formula is C22H18BrN3. The molecule has 3 nitrogen and oxygen atoms in total. The predicted molar refractivity (Wildman–Crippen MR) is 109 cm³/mol. The van der Waals surface area contributed by atoms with Crippen LogP contribution in [0.25, 0.3) is 11.0 Å². The zero-order valence-corrected chi connectivity index (χ0v) is 15.7. The normalized spacial score (nSPS) is 19.1. The summed E-state index contributed by atoms with van der Waals surface area (Å²) in [7, 11) is 0. The zero-order chi connectivity index (χ0) is 17.5. The zero-order valence-electron chi connectivity index (χ0n) is 14.1. The summed E-state index contributed by atoms with van der Waals surface area (Å²) in [4.78, 5) is 4.86. The Balaban J connectivity index is 1.66. The molecule has 128 valence electrons. The lowest BCUT2D eigenvalue weighted by Crippen LogP contribution is -2.27. The van der Waals surface area contributed by atoms with Crippen LogP contribution in [0.15, 0.2) is 83.3 Å². The lowest BCUT2D eigenvalue weighted by Gasteiger charge is -2.33. The van der Waals surface area contributed by atoms with Crippen molar-refractivity contribution >= 4 is 32.9 Å². The highest BCUT2D eigenvalue weighted by molar-refractivity contribution is 9.10. The average molecular weight is 404 g/mol. The fourth-order valence-corrected chi connectivity index (χ4v) is 4.14. The number of aromatic nitrogens is 2. The molecule has 0 saturated carbocycles. The van der Waals surface area contributed by atoms with Gasteiger partial charge in [-0.1, -0.05) is 70.5 Å². The molecule has 0 spiro atoms. The van der Waals surface area contributed by atoms with Crippen LogP contribution in [0, 0.1) is 0 Å². The molecule has 0 saturated heterocycles. The largest absolute Gasteiger partial charge is 0.349 e.